The second kappa shape index (κ2) is 5.05. The molecule has 1 aliphatic rings. The summed E-state index contributed by atoms with van der Waals surface area (Å²) in [5.41, 5.74) is 7.53. The second-order valence-corrected chi connectivity index (χ2v) is 5.14. The van der Waals surface area contributed by atoms with Crippen molar-refractivity contribution in [3.8, 4) is 0 Å². The number of hydrogen-bond acceptors (Lipinski definition) is 4. The van der Waals surface area contributed by atoms with Crippen molar-refractivity contribution in [3.63, 3.8) is 0 Å². The summed E-state index contributed by atoms with van der Waals surface area (Å²) in [4.78, 5) is 6.83. The highest BCUT2D eigenvalue weighted by atomic mass is 16.5. The predicted octanol–water partition coefficient (Wildman–Crippen LogP) is 2.43. The lowest BCUT2D eigenvalue weighted by Crippen LogP contribution is -2.29. The number of nitrogen functional groups attached to an aromatic ring is 1. The van der Waals surface area contributed by atoms with Gasteiger partial charge in [-0.1, -0.05) is 0 Å². The summed E-state index contributed by atoms with van der Waals surface area (Å²) in [5, 5.41) is 1.08. The molecular formula is C15H19N3O. The molecule has 0 radical (unpaired) electrons. The molecule has 1 unspecified atom stereocenters. The lowest BCUT2D eigenvalue weighted by atomic mass is 10.2. The number of pyridine rings is 1. The van der Waals surface area contributed by atoms with Gasteiger partial charge in [0.15, 0.2) is 0 Å². The third-order valence-corrected chi connectivity index (χ3v) is 3.59. The molecule has 19 heavy (non-hydrogen) atoms. The average molecular weight is 257 g/mol. The van der Waals surface area contributed by atoms with Gasteiger partial charge < -0.3 is 15.4 Å². The molecule has 1 aliphatic heterocycles. The van der Waals surface area contributed by atoms with Gasteiger partial charge in [-0.25, -0.2) is 4.98 Å². The molecule has 3 rings (SSSR count). The first-order valence-corrected chi connectivity index (χ1v) is 6.71. The number of benzene rings is 1. The van der Waals surface area contributed by atoms with Crippen LogP contribution in [0.5, 0.6) is 0 Å². The Balaban J connectivity index is 1.81. The van der Waals surface area contributed by atoms with E-state index < -0.39 is 0 Å². The number of rotatable bonds is 3. The van der Waals surface area contributed by atoms with Crippen LogP contribution in [0.1, 0.15) is 12.8 Å². The lowest BCUT2D eigenvalue weighted by molar-refractivity contribution is 0.116. The topological polar surface area (TPSA) is 51.4 Å². The Bertz CT molecular complexity index is 579. The van der Waals surface area contributed by atoms with E-state index in [1.165, 1.54) is 6.42 Å². The van der Waals surface area contributed by atoms with Crippen molar-refractivity contribution in [2.75, 3.05) is 30.8 Å². The first-order valence-electron chi connectivity index (χ1n) is 6.71. The van der Waals surface area contributed by atoms with Crippen LogP contribution in [0, 0.1) is 0 Å². The number of nitrogens with zero attached hydrogens (tertiary/aromatic N) is 2. The van der Waals surface area contributed by atoms with Crippen LogP contribution in [-0.4, -0.2) is 31.3 Å². The van der Waals surface area contributed by atoms with E-state index in [4.69, 9.17) is 10.5 Å². The second-order valence-electron chi connectivity index (χ2n) is 5.14. The van der Waals surface area contributed by atoms with Gasteiger partial charge in [0, 0.05) is 31.3 Å². The van der Waals surface area contributed by atoms with Crippen molar-refractivity contribution in [1.82, 2.24) is 4.98 Å². The normalized spacial score (nSPS) is 18.9. The molecule has 100 valence electrons. The van der Waals surface area contributed by atoms with E-state index >= 15 is 0 Å². The molecule has 1 fully saturated rings. The predicted molar refractivity (Wildman–Crippen MR) is 78.4 cm³/mol. The molecule has 1 aromatic carbocycles. The SMILES string of the molecule is CN(CC1CCCO1)c1ccc2cc(N)ccc2n1. The van der Waals surface area contributed by atoms with Gasteiger partial charge in [0.05, 0.1) is 11.6 Å². The van der Waals surface area contributed by atoms with E-state index in [0.29, 0.717) is 6.10 Å². The van der Waals surface area contributed by atoms with Crippen molar-refractivity contribution in [1.29, 1.82) is 0 Å². The zero-order valence-electron chi connectivity index (χ0n) is 11.2. The summed E-state index contributed by atoms with van der Waals surface area (Å²) >= 11 is 0. The molecule has 1 atom stereocenters. The number of anilines is 2. The fourth-order valence-corrected chi connectivity index (χ4v) is 2.53. The van der Waals surface area contributed by atoms with Crippen molar-refractivity contribution < 1.29 is 4.74 Å². The van der Waals surface area contributed by atoms with Crippen LogP contribution in [0.4, 0.5) is 11.5 Å². The minimum absolute atomic E-state index is 0.342. The zero-order valence-corrected chi connectivity index (χ0v) is 11.2. The molecule has 2 aromatic rings. The largest absolute Gasteiger partial charge is 0.399 e. The van der Waals surface area contributed by atoms with Crippen LogP contribution in [-0.2, 0) is 4.74 Å². The van der Waals surface area contributed by atoms with Gasteiger partial charge in [-0.05, 0) is 43.2 Å². The van der Waals surface area contributed by atoms with E-state index in [0.717, 1.165) is 42.0 Å². The van der Waals surface area contributed by atoms with Gasteiger partial charge in [-0.15, -0.1) is 0 Å². The van der Waals surface area contributed by atoms with Crippen molar-refractivity contribution in [2.45, 2.75) is 18.9 Å². The highest BCUT2D eigenvalue weighted by Gasteiger charge is 2.18. The Morgan fingerprint density at radius 1 is 1.37 bits per heavy atom. The van der Waals surface area contributed by atoms with E-state index in [-0.39, 0.29) is 0 Å². The number of fused-ring (bicyclic) bond motifs is 1. The summed E-state index contributed by atoms with van der Waals surface area (Å²) in [7, 11) is 2.06. The van der Waals surface area contributed by atoms with Gasteiger partial charge >= 0.3 is 0 Å². The Morgan fingerprint density at radius 2 is 2.26 bits per heavy atom. The molecule has 0 amide bonds. The fourth-order valence-electron chi connectivity index (χ4n) is 2.53. The Morgan fingerprint density at radius 3 is 3.05 bits per heavy atom. The number of nitrogens with two attached hydrogens (primary N) is 1. The average Bonchev–Trinajstić information content (AvgIpc) is 2.91. The molecule has 0 aliphatic carbocycles. The fraction of sp³-hybridized carbons (Fsp3) is 0.400. The highest BCUT2D eigenvalue weighted by molar-refractivity contribution is 5.83. The van der Waals surface area contributed by atoms with Crippen LogP contribution in [0.3, 0.4) is 0 Å². The third-order valence-electron chi connectivity index (χ3n) is 3.59. The van der Waals surface area contributed by atoms with Gasteiger partial charge in [-0.3, -0.25) is 0 Å². The van der Waals surface area contributed by atoms with E-state index in [9.17, 15) is 0 Å². The Hall–Kier alpha value is -1.81. The number of likely N-dealkylation sites (N-methyl/N-ethyl adjacent to an activating group) is 1. The lowest BCUT2D eigenvalue weighted by Gasteiger charge is -2.22. The van der Waals surface area contributed by atoms with Crippen molar-refractivity contribution in [2.24, 2.45) is 0 Å². The molecule has 2 N–H and O–H groups in total. The maximum Gasteiger partial charge on any atom is 0.129 e. The van der Waals surface area contributed by atoms with E-state index in [2.05, 4.69) is 23.0 Å². The molecule has 0 bridgehead atoms. The molecule has 1 saturated heterocycles. The van der Waals surface area contributed by atoms with Crippen LogP contribution >= 0.6 is 0 Å². The van der Waals surface area contributed by atoms with Crippen molar-refractivity contribution >= 4 is 22.4 Å². The number of ether oxygens (including phenoxy) is 1. The maximum absolute atomic E-state index is 5.78. The van der Waals surface area contributed by atoms with Gasteiger partial charge in [-0.2, -0.15) is 0 Å². The number of aromatic nitrogens is 1. The Labute approximate surface area is 113 Å². The summed E-state index contributed by atoms with van der Waals surface area (Å²) < 4.78 is 5.66. The summed E-state index contributed by atoms with van der Waals surface area (Å²) in [6.45, 7) is 1.79. The standard InChI is InChI=1S/C15H19N3O/c1-18(10-13-3-2-8-19-13)15-7-4-11-9-12(16)5-6-14(11)17-15/h4-7,9,13H,2-3,8,10,16H2,1H3. The first kappa shape index (κ1) is 12.2. The van der Waals surface area contributed by atoms with Gasteiger partial charge in [0.1, 0.15) is 5.82 Å². The molecular weight excluding hydrogens is 238 g/mol. The van der Waals surface area contributed by atoms with Crippen LogP contribution in [0.2, 0.25) is 0 Å². The van der Waals surface area contributed by atoms with Gasteiger partial charge in [0.25, 0.3) is 0 Å². The van der Waals surface area contributed by atoms with Crippen LogP contribution < -0.4 is 10.6 Å². The molecule has 4 heteroatoms. The zero-order chi connectivity index (χ0) is 13.2. The Kier molecular flexibility index (Phi) is 3.25. The molecule has 4 nitrogen and oxygen atoms in total. The quantitative estimate of drug-likeness (QED) is 0.858. The summed E-state index contributed by atoms with van der Waals surface area (Å²) in [5.74, 6) is 0.979. The smallest absolute Gasteiger partial charge is 0.129 e. The van der Waals surface area contributed by atoms with E-state index in [1.54, 1.807) is 0 Å². The molecule has 0 saturated carbocycles. The molecule has 1 aromatic heterocycles. The number of hydrogen-bond donors (Lipinski definition) is 1. The minimum Gasteiger partial charge on any atom is -0.399 e. The highest BCUT2D eigenvalue weighted by Crippen LogP contribution is 2.21. The van der Waals surface area contributed by atoms with Crippen LogP contribution in [0.15, 0.2) is 30.3 Å². The molecule has 2 heterocycles. The first-order chi connectivity index (χ1) is 9.22. The maximum atomic E-state index is 5.78. The van der Waals surface area contributed by atoms with Crippen molar-refractivity contribution in [3.05, 3.63) is 30.3 Å². The molecule has 0 spiro atoms. The minimum atomic E-state index is 0.342. The monoisotopic (exact) mass is 257 g/mol. The van der Waals surface area contributed by atoms with E-state index in [1.807, 2.05) is 24.3 Å². The summed E-state index contributed by atoms with van der Waals surface area (Å²) in [6.07, 6.45) is 2.66. The van der Waals surface area contributed by atoms with Gasteiger partial charge in [0.2, 0.25) is 0 Å². The van der Waals surface area contributed by atoms with Crippen LogP contribution in [0.25, 0.3) is 10.9 Å². The third kappa shape index (κ3) is 2.63. The summed E-state index contributed by atoms with van der Waals surface area (Å²) in [6, 6.07) is 9.91.